The van der Waals surface area contributed by atoms with Crippen LogP contribution in [0.3, 0.4) is 0 Å². The summed E-state index contributed by atoms with van der Waals surface area (Å²) in [5, 5.41) is 13.0. The zero-order valence-corrected chi connectivity index (χ0v) is 9.80. The van der Waals surface area contributed by atoms with E-state index in [1.807, 2.05) is 17.8 Å². The highest BCUT2D eigenvalue weighted by atomic mass is 32.2. The minimum atomic E-state index is 0.274. The van der Waals surface area contributed by atoms with Crippen LogP contribution in [0.25, 0.3) is 0 Å². The van der Waals surface area contributed by atoms with Gasteiger partial charge in [-0.2, -0.15) is 11.8 Å². The Morgan fingerprint density at radius 1 is 1.44 bits per heavy atom. The number of fused-ring (bicyclic) bond motifs is 1. The lowest BCUT2D eigenvalue weighted by Gasteiger charge is -2.16. The number of aromatic hydroxyl groups is 1. The van der Waals surface area contributed by atoms with Crippen LogP contribution in [-0.4, -0.2) is 29.3 Å². The molecule has 2 aliphatic rings. The quantitative estimate of drug-likeness (QED) is 0.824. The first kappa shape index (κ1) is 10.3. The monoisotopic (exact) mass is 237 g/mol. The molecule has 0 aromatic heterocycles. The van der Waals surface area contributed by atoms with Crippen molar-refractivity contribution in [3.05, 3.63) is 23.8 Å². The summed E-state index contributed by atoms with van der Waals surface area (Å²) in [4.78, 5) is 0. The molecule has 3 nitrogen and oxygen atoms in total. The summed E-state index contributed by atoms with van der Waals surface area (Å²) >= 11 is 2.01. The molecule has 2 heterocycles. The van der Waals surface area contributed by atoms with Gasteiger partial charge >= 0.3 is 0 Å². The number of phenols is 1. The standard InChI is InChI=1S/C12H15NO2S/c14-9-1-2-10-11(6-15-12(10)5-9)13-8-3-4-16-7-8/h1-2,5,8,11,13-14H,3-4,6-7H2. The van der Waals surface area contributed by atoms with Crippen LogP contribution in [0.2, 0.25) is 0 Å². The number of benzene rings is 1. The molecule has 2 atom stereocenters. The van der Waals surface area contributed by atoms with Gasteiger partial charge in [-0.15, -0.1) is 0 Å². The van der Waals surface area contributed by atoms with Gasteiger partial charge in [0.25, 0.3) is 0 Å². The van der Waals surface area contributed by atoms with Crippen LogP contribution in [0.1, 0.15) is 18.0 Å². The molecule has 0 saturated carbocycles. The van der Waals surface area contributed by atoms with Crippen molar-refractivity contribution in [3.63, 3.8) is 0 Å². The first-order valence-electron chi connectivity index (χ1n) is 5.62. The van der Waals surface area contributed by atoms with Gasteiger partial charge in [-0.3, -0.25) is 0 Å². The topological polar surface area (TPSA) is 41.5 Å². The lowest BCUT2D eigenvalue weighted by Crippen LogP contribution is -2.33. The lowest BCUT2D eigenvalue weighted by atomic mass is 10.1. The molecule has 86 valence electrons. The predicted molar refractivity (Wildman–Crippen MR) is 65.2 cm³/mol. The molecule has 2 N–H and O–H groups in total. The zero-order chi connectivity index (χ0) is 11.0. The first-order valence-corrected chi connectivity index (χ1v) is 6.78. The Hall–Kier alpha value is -0.870. The van der Waals surface area contributed by atoms with Crippen molar-refractivity contribution < 1.29 is 9.84 Å². The number of phenolic OH excluding ortho intramolecular Hbond substituents is 1. The van der Waals surface area contributed by atoms with Crippen molar-refractivity contribution in [1.82, 2.24) is 5.32 Å². The third-order valence-corrected chi connectivity index (χ3v) is 4.31. The second-order valence-electron chi connectivity index (χ2n) is 4.31. The van der Waals surface area contributed by atoms with E-state index in [1.165, 1.54) is 23.5 Å². The smallest absolute Gasteiger partial charge is 0.127 e. The van der Waals surface area contributed by atoms with Gasteiger partial charge in [-0.1, -0.05) is 0 Å². The molecule has 4 heteroatoms. The van der Waals surface area contributed by atoms with Crippen molar-refractivity contribution >= 4 is 11.8 Å². The number of thioether (sulfide) groups is 1. The fourth-order valence-corrected chi connectivity index (χ4v) is 3.45. The highest BCUT2D eigenvalue weighted by Gasteiger charge is 2.27. The predicted octanol–water partition coefficient (Wildman–Crippen LogP) is 1.92. The number of rotatable bonds is 2. The van der Waals surface area contributed by atoms with Crippen LogP contribution in [0.4, 0.5) is 0 Å². The van der Waals surface area contributed by atoms with Gasteiger partial charge in [0.05, 0.1) is 6.04 Å². The Kier molecular flexibility index (Phi) is 2.69. The van der Waals surface area contributed by atoms with Gasteiger partial charge in [-0.05, 0) is 24.3 Å². The van der Waals surface area contributed by atoms with E-state index in [0.717, 1.165) is 5.75 Å². The molecule has 1 saturated heterocycles. The van der Waals surface area contributed by atoms with E-state index < -0.39 is 0 Å². The lowest BCUT2D eigenvalue weighted by molar-refractivity contribution is 0.300. The average molecular weight is 237 g/mol. The van der Waals surface area contributed by atoms with E-state index in [0.29, 0.717) is 18.7 Å². The first-order chi connectivity index (χ1) is 7.83. The molecule has 0 spiro atoms. The van der Waals surface area contributed by atoms with Crippen LogP contribution in [0.5, 0.6) is 11.5 Å². The van der Waals surface area contributed by atoms with Crippen molar-refractivity contribution in [2.45, 2.75) is 18.5 Å². The third kappa shape index (κ3) is 1.87. The normalized spacial score (nSPS) is 27.8. The SMILES string of the molecule is Oc1ccc2c(c1)OCC2NC1CCSC1. The minimum Gasteiger partial charge on any atom is -0.508 e. The zero-order valence-electron chi connectivity index (χ0n) is 8.98. The molecule has 0 radical (unpaired) electrons. The molecule has 0 amide bonds. The summed E-state index contributed by atoms with van der Waals surface area (Å²) in [6, 6.07) is 6.28. The van der Waals surface area contributed by atoms with Crippen LogP contribution < -0.4 is 10.1 Å². The fourth-order valence-electron chi connectivity index (χ4n) is 2.29. The summed E-state index contributed by atoms with van der Waals surface area (Å²) in [5.41, 5.74) is 1.18. The summed E-state index contributed by atoms with van der Waals surface area (Å²) in [6.45, 7) is 0.681. The van der Waals surface area contributed by atoms with Crippen molar-refractivity contribution in [2.24, 2.45) is 0 Å². The number of hydrogen-bond donors (Lipinski definition) is 2. The second-order valence-corrected chi connectivity index (χ2v) is 5.46. The maximum Gasteiger partial charge on any atom is 0.127 e. The molecule has 1 aromatic carbocycles. The van der Waals surface area contributed by atoms with E-state index in [4.69, 9.17) is 4.74 Å². The van der Waals surface area contributed by atoms with Crippen molar-refractivity contribution in [3.8, 4) is 11.5 Å². The summed E-state index contributed by atoms with van der Waals surface area (Å²) in [7, 11) is 0. The highest BCUT2D eigenvalue weighted by molar-refractivity contribution is 7.99. The maximum absolute atomic E-state index is 9.36. The Bertz CT molecular complexity index is 391. The third-order valence-electron chi connectivity index (χ3n) is 3.14. The minimum absolute atomic E-state index is 0.274. The van der Waals surface area contributed by atoms with Gasteiger partial charge < -0.3 is 15.2 Å². The van der Waals surface area contributed by atoms with E-state index in [9.17, 15) is 5.11 Å². The van der Waals surface area contributed by atoms with Crippen LogP contribution in [-0.2, 0) is 0 Å². The van der Waals surface area contributed by atoms with Gasteiger partial charge in [0.1, 0.15) is 18.1 Å². The number of nitrogens with one attached hydrogen (secondary N) is 1. The molecule has 16 heavy (non-hydrogen) atoms. The highest BCUT2D eigenvalue weighted by Crippen LogP contribution is 2.35. The molecule has 0 bridgehead atoms. The largest absolute Gasteiger partial charge is 0.508 e. The Morgan fingerprint density at radius 2 is 2.38 bits per heavy atom. The maximum atomic E-state index is 9.36. The fraction of sp³-hybridized carbons (Fsp3) is 0.500. The van der Waals surface area contributed by atoms with Crippen molar-refractivity contribution in [1.29, 1.82) is 0 Å². The molecule has 1 fully saturated rings. The molecule has 0 aliphatic carbocycles. The van der Waals surface area contributed by atoms with E-state index in [1.54, 1.807) is 12.1 Å². The van der Waals surface area contributed by atoms with Crippen LogP contribution in [0.15, 0.2) is 18.2 Å². The average Bonchev–Trinajstić information content (AvgIpc) is 2.89. The molecule has 2 unspecified atom stereocenters. The van der Waals surface area contributed by atoms with Gasteiger partial charge in [-0.25, -0.2) is 0 Å². The van der Waals surface area contributed by atoms with Gasteiger partial charge in [0.15, 0.2) is 0 Å². The summed E-state index contributed by atoms with van der Waals surface area (Å²) < 4.78 is 5.57. The van der Waals surface area contributed by atoms with Crippen LogP contribution >= 0.6 is 11.8 Å². The molecular formula is C12H15NO2S. The Morgan fingerprint density at radius 3 is 3.19 bits per heavy atom. The van der Waals surface area contributed by atoms with Gasteiger partial charge in [0, 0.05) is 23.4 Å². The Balaban J connectivity index is 1.75. The second kappa shape index (κ2) is 4.18. The molecule has 1 aromatic rings. The van der Waals surface area contributed by atoms with E-state index >= 15 is 0 Å². The summed E-state index contributed by atoms with van der Waals surface area (Å²) in [5.74, 6) is 3.55. The number of ether oxygens (including phenoxy) is 1. The molecule has 3 rings (SSSR count). The van der Waals surface area contributed by atoms with E-state index in [2.05, 4.69) is 5.32 Å². The molecule has 2 aliphatic heterocycles. The van der Waals surface area contributed by atoms with Crippen LogP contribution in [0, 0.1) is 0 Å². The van der Waals surface area contributed by atoms with Gasteiger partial charge in [0.2, 0.25) is 0 Å². The molecular weight excluding hydrogens is 222 g/mol. The summed E-state index contributed by atoms with van der Waals surface area (Å²) in [6.07, 6.45) is 1.24. The number of hydrogen-bond acceptors (Lipinski definition) is 4. The Labute approximate surface area is 99.2 Å². The van der Waals surface area contributed by atoms with Crippen molar-refractivity contribution in [2.75, 3.05) is 18.1 Å². The van der Waals surface area contributed by atoms with E-state index in [-0.39, 0.29) is 5.75 Å².